The Kier molecular flexibility index (Phi) is 9.36. The zero-order valence-electron chi connectivity index (χ0n) is 7.09. The van der Waals surface area contributed by atoms with Gasteiger partial charge in [-0.1, -0.05) is 6.08 Å². The summed E-state index contributed by atoms with van der Waals surface area (Å²) in [5, 5.41) is 8.44. The van der Waals surface area contributed by atoms with Crippen LogP contribution in [0.5, 0.6) is 0 Å². The molecule has 0 unspecified atom stereocenters. The molecule has 0 aliphatic rings. The second-order valence-corrected chi connectivity index (χ2v) is 2.47. The number of hydrogen-bond acceptors (Lipinski definition) is 2. The van der Waals surface area contributed by atoms with E-state index in [0.29, 0.717) is 0 Å². The van der Waals surface area contributed by atoms with Gasteiger partial charge in [0.1, 0.15) is 0 Å². The third-order valence-electron chi connectivity index (χ3n) is 1.39. The van der Waals surface area contributed by atoms with Crippen molar-refractivity contribution in [3.63, 3.8) is 0 Å². The molecule has 11 heavy (non-hydrogen) atoms. The quantitative estimate of drug-likeness (QED) is 0.430. The van der Waals surface area contributed by atoms with Gasteiger partial charge < -0.3 is 9.84 Å². The van der Waals surface area contributed by atoms with E-state index in [1.165, 1.54) is 0 Å². The summed E-state index contributed by atoms with van der Waals surface area (Å²) in [6.07, 6.45) is 5.80. The summed E-state index contributed by atoms with van der Waals surface area (Å²) in [7, 11) is 0. The third-order valence-corrected chi connectivity index (χ3v) is 1.39. The standard InChI is InChI=1S/C9H18O2/c1-2-3-5-8-11-9-6-4-7-10/h2,10H,1,3-9H2. The molecule has 0 aliphatic heterocycles. The number of unbranched alkanes of at least 4 members (excludes halogenated alkanes) is 2. The van der Waals surface area contributed by atoms with E-state index < -0.39 is 0 Å². The zero-order chi connectivity index (χ0) is 8.36. The Morgan fingerprint density at radius 2 is 1.91 bits per heavy atom. The molecule has 0 fully saturated rings. The highest BCUT2D eigenvalue weighted by Crippen LogP contribution is 1.93. The van der Waals surface area contributed by atoms with Crippen molar-refractivity contribution >= 4 is 0 Å². The minimum Gasteiger partial charge on any atom is -0.396 e. The molecule has 0 aliphatic carbocycles. The molecule has 0 spiro atoms. The summed E-state index contributed by atoms with van der Waals surface area (Å²) in [6, 6.07) is 0. The van der Waals surface area contributed by atoms with Gasteiger partial charge in [-0.15, -0.1) is 6.58 Å². The Bertz CT molecular complexity index is 81.6. The number of allylic oxidation sites excluding steroid dienone is 1. The van der Waals surface area contributed by atoms with Gasteiger partial charge in [0.05, 0.1) is 0 Å². The molecule has 0 saturated carbocycles. The van der Waals surface area contributed by atoms with Gasteiger partial charge in [0.15, 0.2) is 0 Å². The first-order chi connectivity index (χ1) is 5.41. The smallest absolute Gasteiger partial charge is 0.0468 e. The molecule has 1 N–H and O–H groups in total. The normalized spacial score (nSPS) is 9.91. The second-order valence-electron chi connectivity index (χ2n) is 2.47. The van der Waals surface area contributed by atoms with Crippen molar-refractivity contribution in [2.45, 2.75) is 25.7 Å². The minimum absolute atomic E-state index is 0.274. The molecule has 0 atom stereocenters. The van der Waals surface area contributed by atoms with E-state index in [4.69, 9.17) is 9.84 Å². The molecule has 0 aromatic carbocycles. The van der Waals surface area contributed by atoms with Gasteiger partial charge in [-0.05, 0) is 25.7 Å². The Morgan fingerprint density at radius 1 is 1.18 bits per heavy atom. The fraction of sp³-hybridized carbons (Fsp3) is 0.778. The molecule has 0 radical (unpaired) electrons. The van der Waals surface area contributed by atoms with Gasteiger partial charge >= 0.3 is 0 Å². The van der Waals surface area contributed by atoms with Gasteiger partial charge in [-0.25, -0.2) is 0 Å². The van der Waals surface area contributed by atoms with E-state index in [1.807, 2.05) is 6.08 Å². The summed E-state index contributed by atoms with van der Waals surface area (Å²) in [6.45, 7) is 5.49. The highest BCUT2D eigenvalue weighted by molar-refractivity contribution is 4.64. The molecule has 2 nitrogen and oxygen atoms in total. The average molecular weight is 158 g/mol. The fourth-order valence-electron chi connectivity index (χ4n) is 0.748. The Hall–Kier alpha value is -0.340. The van der Waals surface area contributed by atoms with E-state index in [1.54, 1.807) is 0 Å². The van der Waals surface area contributed by atoms with Crippen LogP contribution < -0.4 is 0 Å². The second kappa shape index (κ2) is 9.66. The first-order valence-electron chi connectivity index (χ1n) is 4.21. The van der Waals surface area contributed by atoms with Crippen LogP contribution in [0.15, 0.2) is 12.7 Å². The van der Waals surface area contributed by atoms with Crippen LogP contribution in [0.3, 0.4) is 0 Å². The lowest BCUT2D eigenvalue weighted by Crippen LogP contribution is -1.97. The molecule has 0 amide bonds. The van der Waals surface area contributed by atoms with Crippen molar-refractivity contribution in [2.24, 2.45) is 0 Å². The monoisotopic (exact) mass is 158 g/mol. The van der Waals surface area contributed by atoms with Gasteiger partial charge in [0, 0.05) is 19.8 Å². The number of aliphatic hydroxyl groups is 1. The maximum Gasteiger partial charge on any atom is 0.0468 e. The third kappa shape index (κ3) is 9.66. The lowest BCUT2D eigenvalue weighted by Gasteiger charge is -2.00. The molecule has 2 heteroatoms. The highest BCUT2D eigenvalue weighted by atomic mass is 16.5. The molecule has 0 bridgehead atoms. The molecule has 0 aromatic rings. The van der Waals surface area contributed by atoms with Gasteiger partial charge in [-0.2, -0.15) is 0 Å². The molecule has 0 rings (SSSR count). The number of aliphatic hydroxyl groups excluding tert-OH is 1. The van der Waals surface area contributed by atoms with Crippen molar-refractivity contribution in [1.29, 1.82) is 0 Å². The maximum absolute atomic E-state index is 8.44. The van der Waals surface area contributed by atoms with E-state index in [-0.39, 0.29) is 6.61 Å². The van der Waals surface area contributed by atoms with E-state index in [9.17, 15) is 0 Å². The van der Waals surface area contributed by atoms with Gasteiger partial charge in [-0.3, -0.25) is 0 Å². The van der Waals surface area contributed by atoms with Crippen molar-refractivity contribution in [1.82, 2.24) is 0 Å². The first kappa shape index (κ1) is 10.7. The fourth-order valence-corrected chi connectivity index (χ4v) is 0.748. The molecular weight excluding hydrogens is 140 g/mol. The predicted molar refractivity (Wildman–Crippen MR) is 46.6 cm³/mol. The summed E-state index contributed by atoms with van der Waals surface area (Å²) >= 11 is 0. The lowest BCUT2D eigenvalue weighted by molar-refractivity contribution is 0.123. The average Bonchev–Trinajstić information content (AvgIpc) is 2.03. The Balaban J connectivity index is 2.74. The summed E-state index contributed by atoms with van der Waals surface area (Å²) in [4.78, 5) is 0. The topological polar surface area (TPSA) is 29.5 Å². The van der Waals surface area contributed by atoms with E-state index in [0.717, 1.165) is 38.9 Å². The predicted octanol–water partition coefficient (Wildman–Crippen LogP) is 1.74. The van der Waals surface area contributed by atoms with Crippen LogP contribution in [0.25, 0.3) is 0 Å². The number of hydrogen-bond donors (Lipinski definition) is 1. The van der Waals surface area contributed by atoms with Crippen LogP contribution in [-0.2, 0) is 4.74 Å². The van der Waals surface area contributed by atoms with E-state index in [2.05, 4.69) is 6.58 Å². The molecule has 0 saturated heterocycles. The lowest BCUT2D eigenvalue weighted by atomic mass is 10.3. The van der Waals surface area contributed by atoms with Crippen molar-refractivity contribution in [3.05, 3.63) is 12.7 Å². The summed E-state index contributed by atoms with van der Waals surface area (Å²) in [5.74, 6) is 0. The zero-order valence-corrected chi connectivity index (χ0v) is 7.09. The molecular formula is C9H18O2. The van der Waals surface area contributed by atoms with Crippen LogP contribution in [0.2, 0.25) is 0 Å². The minimum atomic E-state index is 0.274. The van der Waals surface area contributed by atoms with Crippen LogP contribution in [-0.4, -0.2) is 24.9 Å². The van der Waals surface area contributed by atoms with Crippen molar-refractivity contribution in [2.75, 3.05) is 19.8 Å². The SMILES string of the molecule is C=CCCCOCCCCO. The summed E-state index contributed by atoms with van der Waals surface area (Å²) < 4.78 is 5.28. The van der Waals surface area contributed by atoms with Crippen LogP contribution >= 0.6 is 0 Å². The maximum atomic E-state index is 8.44. The Morgan fingerprint density at radius 3 is 2.55 bits per heavy atom. The largest absolute Gasteiger partial charge is 0.396 e. The Labute approximate surface area is 68.9 Å². The van der Waals surface area contributed by atoms with Gasteiger partial charge in [0.2, 0.25) is 0 Å². The van der Waals surface area contributed by atoms with Crippen molar-refractivity contribution in [3.8, 4) is 0 Å². The number of ether oxygens (including phenoxy) is 1. The highest BCUT2D eigenvalue weighted by Gasteiger charge is 1.87. The molecule has 66 valence electrons. The summed E-state index contributed by atoms with van der Waals surface area (Å²) in [5.41, 5.74) is 0. The van der Waals surface area contributed by atoms with Crippen LogP contribution in [0.1, 0.15) is 25.7 Å². The number of rotatable bonds is 8. The first-order valence-corrected chi connectivity index (χ1v) is 4.21. The van der Waals surface area contributed by atoms with E-state index >= 15 is 0 Å². The van der Waals surface area contributed by atoms with Gasteiger partial charge in [0.25, 0.3) is 0 Å². The molecule has 0 heterocycles. The van der Waals surface area contributed by atoms with Crippen molar-refractivity contribution < 1.29 is 9.84 Å². The van der Waals surface area contributed by atoms with Crippen LogP contribution in [0.4, 0.5) is 0 Å². The molecule has 0 aromatic heterocycles. The van der Waals surface area contributed by atoms with Crippen LogP contribution in [0, 0.1) is 0 Å².